The van der Waals surface area contributed by atoms with Gasteiger partial charge >= 0.3 is 11.9 Å². The monoisotopic (exact) mass is 158 g/mol. The molecule has 60 valence electrons. The summed E-state index contributed by atoms with van der Waals surface area (Å²) < 4.78 is 4.55. The van der Waals surface area contributed by atoms with Gasteiger partial charge in [0.1, 0.15) is 0 Å². The van der Waals surface area contributed by atoms with Crippen LogP contribution < -0.4 is 0 Å². The molecule has 0 unspecified atom stereocenters. The Morgan fingerprint density at radius 2 is 1.91 bits per heavy atom. The van der Waals surface area contributed by atoms with Gasteiger partial charge in [-0.1, -0.05) is 6.08 Å². The molecule has 0 aromatic heterocycles. The number of carbonyl (C=O) groups is 2. The van der Waals surface area contributed by atoms with E-state index in [1.54, 1.807) is 0 Å². The standard InChI is InChI=1S/C6H6O5/c7-4(8)6(5(9)10)2-1-3-11-6/h1-2H,3H2,(H,7,8)(H,9,10). The Bertz CT molecular complexity index is 215. The first kappa shape index (κ1) is 7.74. The van der Waals surface area contributed by atoms with Crippen molar-refractivity contribution in [3.8, 4) is 0 Å². The summed E-state index contributed by atoms with van der Waals surface area (Å²) in [6.07, 6.45) is 2.39. The summed E-state index contributed by atoms with van der Waals surface area (Å²) in [4.78, 5) is 20.8. The Morgan fingerprint density at radius 3 is 2.09 bits per heavy atom. The molecule has 0 saturated heterocycles. The van der Waals surface area contributed by atoms with E-state index in [9.17, 15) is 9.59 Å². The summed E-state index contributed by atoms with van der Waals surface area (Å²) >= 11 is 0. The second-order valence-electron chi connectivity index (χ2n) is 2.06. The van der Waals surface area contributed by atoms with E-state index in [1.165, 1.54) is 6.08 Å². The number of hydrogen-bond donors (Lipinski definition) is 2. The van der Waals surface area contributed by atoms with Crippen LogP contribution >= 0.6 is 0 Å². The summed E-state index contributed by atoms with van der Waals surface area (Å²) in [6.45, 7) is 0.0264. The number of rotatable bonds is 2. The van der Waals surface area contributed by atoms with Gasteiger partial charge in [-0.15, -0.1) is 0 Å². The van der Waals surface area contributed by atoms with Crippen LogP contribution in [0.1, 0.15) is 0 Å². The van der Waals surface area contributed by atoms with Crippen LogP contribution in [0.3, 0.4) is 0 Å². The largest absolute Gasteiger partial charge is 0.478 e. The molecule has 0 fully saturated rings. The average molecular weight is 158 g/mol. The Kier molecular flexibility index (Phi) is 1.66. The van der Waals surface area contributed by atoms with Crippen molar-refractivity contribution in [2.24, 2.45) is 0 Å². The van der Waals surface area contributed by atoms with Gasteiger partial charge in [-0.3, -0.25) is 0 Å². The van der Waals surface area contributed by atoms with Crippen LogP contribution in [-0.4, -0.2) is 34.4 Å². The van der Waals surface area contributed by atoms with E-state index in [0.29, 0.717) is 0 Å². The second-order valence-corrected chi connectivity index (χ2v) is 2.06. The van der Waals surface area contributed by atoms with Crippen molar-refractivity contribution in [3.63, 3.8) is 0 Å². The minimum atomic E-state index is -2.15. The number of carboxylic acids is 2. The van der Waals surface area contributed by atoms with Gasteiger partial charge in [-0.2, -0.15) is 0 Å². The number of hydrogen-bond acceptors (Lipinski definition) is 3. The normalized spacial score (nSPS) is 20.0. The summed E-state index contributed by atoms with van der Waals surface area (Å²) in [7, 11) is 0. The van der Waals surface area contributed by atoms with Gasteiger partial charge in [0, 0.05) is 0 Å². The highest BCUT2D eigenvalue weighted by Crippen LogP contribution is 2.19. The number of ether oxygens (including phenoxy) is 1. The number of carboxylic acid groups (broad SMARTS) is 2. The summed E-state index contributed by atoms with van der Waals surface area (Å²) in [6, 6.07) is 0. The minimum Gasteiger partial charge on any atom is -0.478 e. The van der Waals surface area contributed by atoms with Crippen LogP contribution in [0.5, 0.6) is 0 Å². The molecule has 0 spiro atoms. The first-order valence-corrected chi connectivity index (χ1v) is 2.88. The van der Waals surface area contributed by atoms with Crippen LogP contribution in [0.15, 0.2) is 12.2 Å². The van der Waals surface area contributed by atoms with Crippen LogP contribution in [0.25, 0.3) is 0 Å². The van der Waals surface area contributed by atoms with Gasteiger partial charge in [0.05, 0.1) is 6.61 Å². The molecule has 0 radical (unpaired) electrons. The highest BCUT2D eigenvalue weighted by molar-refractivity contribution is 6.04. The first-order chi connectivity index (χ1) is 5.09. The third-order valence-corrected chi connectivity index (χ3v) is 1.40. The van der Waals surface area contributed by atoms with Gasteiger partial charge in [0.15, 0.2) is 0 Å². The van der Waals surface area contributed by atoms with Gasteiger partial charge < -0.3 is 14.9 Å². The predicted molar refractivity (Wildman–Crippen MR) is 33.1 cm³/mol. The molecular weight excluding hydrogens is 152 g/mol. The Balaban J connectivity index is 2.98. The molecule has 0 atom stereocenters. The fourth-order valence-corrected chi connectivity index (χ4v) is 0.799. The Hall–Kier alpha value is -1.36. The molecule has 1 heterocycles. The average Bonchev–Trinajstić information content (AvgIpc) is 2.34. The lowest BCUT2D eigenvalue weighted by Crippen LogP contribution is -2.45. The second kappa shape index (κ2) is 2.35. The van der Waals surface area contributed by atoms with Crippen molar-refractivity contribution >= 4 is 11.9 Å². The van der Waals surface area contributed by atoms with E-state index < -0.39 is 17.5 Å². The van der Waals surface area contributed by atoms with Gasteiger partial charge in [-0.05, 0) is 6.08 Å². The maximum atomic E-state index is 10.4. The zero-order valence-electron chi connectivity index (χ0n) is 5.48. The maximum absolute atomic E-state index is 10.4. The topological polar surface area (TPSA) is 83.8 Å². The van der Waals surface area contributed by atoms with E-state index in [1.807, 2.05) is 0 Å². The van der Waals surface area contributed by atoms with Crippen LogP contribution in [0, 0.1) is 0 Å². The molecular formula is C6H6O5. The molecule has 2 N–H and O–H groups in total. The first-order valence-electron chi connectivity index (χ1n) is 2.88. The lowest BCUT2D eigenvalue weighted by atomic mass is 10.1. The fourth-order valence-electron chi connectivity index (χ4n) is 0.799. The van der Waals surface area contributed by atoms with Crippen molar-refractivity contribution in [2.75, 3.05) is 6.61 Å². The molecule has 0 aliphatic carbocycles. The van der Waals surface area contributed by atoms with Gasteiger partial charge in [0.25, 0.3) is 5.60 Å². The zero-order valence-corrected chi connectivity index (χ0v) is 5.48. The summed E-state index contributed by atoms with van der Waals surface area (Å²) in [5.41, 5.74) is -2.15. The molecule has 0 amide bonds. The van der Waals surface area contributed by atoms with E-state index in [-0.39, 0.29) is 6.61 Å². The molecule has 1 aliphatic rings. The summed E-state index contributed by atoms with van der Waals surface area (Å²) in [5.74, 6) is -3.00. The Morgan fingerprint density at radius 1 is 1.36 bits per heavy atom. The van der Waals surface area contributed by atoms with Crippen LogP contribution in [0.4, 0.5) is 0 Å². The van der Waals surface area contributed by atoms with E-state index >= 15 is 0 Å². The molecule has 1 rings (SSSR count). The molecule has 0 aromatic carbocycles. The van der Waals surface area contributed by atoms with Gasteiger partial charge in [-0.25, -0.2) is 9.59 Å². The van der Waals surface area contributed by atoms with E-state index in [4.69, 9.17) is 10.2 Å². The summed E-state index contributed by atoms with van der Waals surface area (Å²) in [5, 5.41) is 17.0. The third-order valence-electron chi connectivity index (χ3n) is 1.40. The lowest BCUT2D eigenvalue weighted by Gasteiger charge is -2.15. The van der Waals surface area contributed by atoms with Crippen molar-refractivity contribution < 1.29 is 24.5 Å². The minimum absolute atomic E-state index is 0.0264. The molecule has 1 aliphatic heterocycles. The Labute approximate surface area is 61.9 Å². The number of aliphatic carboxylic acids is 2. The maximum Gasteiger partial charge on any atom is 0.352 e. The fraction of sp³-hybridized carbons (Fsp3) is 0.333. The predicted octanol–water partition coefficient (Wildman–Crippen LogP) is -0.519. The third kappa shape index (κ3) is 0.988. The van der Waals surface area contributed by atoms with Crippen molar-refractivity contribution in [3.05, 3.63) is 12.2 Å². The molecule has 0 saturated carbocycles. The molecule has 0 bridgehead atoms. The van der Waals surface area contributed by atoms with Crippen molar-refractivity contribution in [1.82, 2.24) is 0 Å². The molecule has 5 heteroatoms. The van der Waals surface area contributed by atoms with Crippen LogP contribution in [-0.2, 0) is 14.3 Å². The van der Waals surface area contributed by atoms with Crippen molar-refractivity contribution in [2.45, 2.75) is 5.60 Å². The van der Waals surface area contributed by atoms with Crippen LogP contribution in [0.2, 0.25) is 0 Å². The smallest absolute Gasteiger partial charge is 0.352 e. The van der Waals surface area contributed by atoms with E-state index in [0.717, 1.165) is 6.08 Å². The highest BCUT2D eigenvalue weighted by atomic mass is 16.6. The molecule has 0 aromatic rings. The quantitative estimate of drug-likeness (QED) is 0.417. The zero-order chi connectivity index (χ0) is 8.48. The molecule has 11 heavy (non-hydrogen) atoms. The van der Waals surface area contributed by atoms with Crippen molar-refractivity contribution in [1.29, 1.82) is 0 Å². The van der Waals surface area contributed by atoms with E-state index in [2.05, 4.69) is 4.74 Å². The highest BCUT2D eigenvalue weighted by Gasteiger charge is 2.47. The molecule has 5 nitrogen and oxygen atoms in total. The lowest BCUT2D eigenvalue weighted by molar-refractivity contribution is -0.173. The SMILES string of the molecule is O=C(O)C1(C(=O)O)C=CCO1. The van der Waals surface area contributed by atoms with Gasteiger partial charge in [0.2, 0.25) is 0 Å².